The van der Waals surface area contributed by atoms with Crippen molar-refractivity contribution in [1.82, 2.24) is 15.0 Å². The van der Waals surface area contributed by atoms with Gasteiger partial charge in [0.2, 0.25) is 0 Å². The number of hydrogen-bond acceptors (Lipinski definition) is 7. The first-order valence-electron chi connectivity index (χ1n) is 10.1. The number of thiazole rings is 1. The Bertz CT molecular complexity index is 1030. The van der Waals surface area contributed by atoms with Crippen molar-refractivity contribution in [2.24, 2.45) is 11.8 Å². The molecule has 30 heavy (non-hydrogen) atoms. The minimum Gasteiger partial charge on any atom is -0.481 e. The lowest BCUT2D eigenvalue weighted by atomic mass is 9.86. The standard InChI is InChI=1S/C22H25N5O2S/c1-14-6-9-23-20(12-14)26-19-5-3-4-17(25-19)18-13-24-22(30-18)27-10-7-16(8-11-27)15(2)21(28)29/h3-6,9,12-13,15-16H,7-8,10-11H2,1-2H3,(H,28,29)(H,23,25,26). The Kier molecular flexibility index (Phi) is 5.94. The van der Waals surface area contributed by atoms with Crippen molar-refractivity contribution in [3.05, 3.63) is 48.3 Å². The highest BCUT2D eigenvalue weighted by Gasteiger charge is 2.28. The van der Waals surface area contributed by atoms with Gasteiger partial charge in [0, 0.05) is 25.5 Å². The third-order valence-corrected chi connectivity index (χ3v) is 6.65. The normalized spacial score (nSPS) is 15.7. The first kappa shape index (κ1) is 20.3. The van der Waals surface area contributed by atoms with Crippen LogP contribution in [-0.2, 0) is 4.79 Å². The molecule has 3 aromatic heterocycles. The van der Waals surface area contributed by atoms with Crippen LogP contribution < -0.4 is 10.2 Å². The molecule has 0 aliphatic carbocycles. The quantitative estimate of drug-likeness (QED) is 0.599. The van der Waals surface area contributed by atoms with E-state index < -0.39 is 5.97 Å². The van der Waals surface area contributed by atoms with Crippen LogP contribution in [0.5, 0.6) is 0 Å². The molecule has 0 aromatic carbocycles. The van der Waals surface area contributed by atoms with Crippen LogP contribution >= 0.6 is 11.3 Å². The fourth-order valence-corrected chi connectivity index (χ4v) is 4.64. The second-order valence-corrected chi connectivity index (χ2v) is 8.72. The minimum absolute atomic E-state index is 0.234. The molecule has 1 saturated heterocycles. The van der Waals surface area contributed by atoms with Crippen LogP contribution in [0.4, 0.5) is 16.8 Å². The molecule has 3 aromatic rings. The van der Waals surface area contributed by atoms with E-state index in [1.807, 2.05) is 50.4 Å². The molecule has 8 heteroatoms. The number of nitrogens with zero attached hydrogens (tertiary/aromatic N) is 4. The number of carbonyl (C=O) groups is 1. The summed E-state index contributed by atoms with van der Waals surface area (Å²) in [6, 6.07) is 9.81. The number of carboxylic acid groups (broad SMARTS) is 1. The SMILES string of the molecule is Cc1ccnc(Nc2cccc(-c3cnc(N4CCC(C(C)C(=O)O)CC4)s3)n2)c1. The first-order valence-corrected chi connectivity index (χ1v) is 10.9. The Hall–Kier alpha value is -3.00. The number of aliphatic carboxylic acids is 1. The van der Waals surface area contributed by atoms with Crippen molar-refractivity contribution in [2.75, 3.05) is 23.3 Å². The molecule has 156 valence electrons. The average molecular weight is 424 g/mol. The van der Waals surface area contributed by atoms with Crippen LogP contribution in [0.3, 0.4) is 0 Å². The summed E-state index contributed by atoms with van der Waals surface area (Å²) in [4.78, 5) is 28.1. The Balaban J connectivity index is 1.44. The van der Waals surface area contributed by atoms with Crippen LogP contribution in [0.25, 0.3) is 10.6 Å². The summed E-state index contributed by atoms with van der Waals surface area (Å²) in [6.07, 6.45) is 5.40. The van der Waals surface area contributed by atoms with E-state index in [4.69, 9.17) is 4.98 Å². The number of pyridine rings is 2. The zero-order chi connectivity index (χ0) is 21.1. The number of aromatic nitrogens is 3. The van der Waals surface area contributed by atoms with E-state index in [0.717, 1.165) is 58.8 Å². The van der Waals surface area contributed by atoms with Crippen LogP contribution in [-0.4, -0.2) is 39.1 Å². The van der Waals surface area contributed by atoms with Gasteiger partial charge in [0.1, 0.15) is 11.6 Å². The molecular weight excluding hydrogens is 398 g/mol. The van der Waals surface area contributed by atoms with Crippen LogP contribution in [0, 0.1) is 18.8 Å². The third kappa shape index (κ3) is 4.59. The van der Waals surface area contributed by atoms with Crippen molar-refractivity contribution in [3.8, 4) is 10.6 Å². The second kappa shape index (κ2) is 8.79. The van der Waals surface area contributed by atoms with Gasteiger partial charge in [-0.3, -0.25) is 4.79 Å². The van der Waals surface area contributed by atoms with E-state index in [-0.39, 0.29) is 11.8 Å². The molecular formula is C22H25N5O2S. The van der Waals surface area contributed by atoms with Crippen molar-refractivity contribution in [2.45, 2.75) is 26.7 Å². The van der Waals surface area contributed by atoms with Gasteiger partial charge in [-0.1, -0.05) is 24.3 Å². The lowest BCUT2D eigenvalue weighted by Crippen LogP contribution is -2.37. The summed E-state index contributed by atoms with van der Waals surface area (Å²) in [6.45, 7) is 5.51. The predicted octanol–water partition coefficient (Wildman–Crippen LogP) is 4.59. The van der Waals surface area contributed by atoms with Gasteiger partial charge in [0.15, 0.2) is 5.13 Å². The summed E-state index contributed by atoms with van der Waals surface area (Å²) in [7, 11) is 0. The molecule has 2 N–H and O–H groups in total. The summed E-state index contributed by atoms with van der Waals surface area (Å²) < 4.78 is 0. The topological polar surface area (TPSA) is 91.2 Å². The van der Waals surface area contributed by atoms with Gasteiger partial charge in [-0.15, -0.1) is 0 Å². The van der Waals surface area contributed by atoms with Crippen molar-refractivity contribution >= 4 is 34.1 Å². The van der Waals surface area contributed by atoms with E-state index in [2.05, 4.69) is 20.2 Å². The van der Waals surface area contributed by atoms with Crippen LogP contribution in [0.2, 0.25) is 0 Å². The predicted molar refractivity (Wildman–Crippen MR) is 119 cm³/mol. The molecule has 0 spiro atoms. The molecule has 0 saturated carbocycles. The highest BCUT2D eigenvalue weighted by Crippen LogP contribution is 2.34. The smallest absolute Gasteiger partial charge is 0.306 e. The number of carboxylic acids is 1. The Morgan fingerprint density at radius 1 is 1.23 bits per heavy atom. The van der Waals surface area contributed by atoms with E-state index in [1.165, 1.54) is 0 Å². The number of anilines is 3. The molecule has 4 rings (SSSR count). The Morgan fingerprint density at radius 2 is 2.03 bits per heavy atom. The van der Waals surface area contributed by atoms with Crippen LogP contribution in [0.15, 0.2) is 42.7 Å². The molecule has 0 radical (unpaired) electrons. The molecule has 1 fully saturated rings. The third-order valence-electron chi connectivity index (χ3n) is 5.57. The zero-order valence-electron chi connectivity index (χ0n) is 17.1. The van der Waals surface area contributed by atoms with Crippen molar-refractivity contribution in [1.29, 1.82) is 0 Å². The van der Waals surface area contributed by atoms with Gasteiger partial charge in [-0.2, -0.15) is 0 Å². The Labute approximate surface area is 179 Å². The monoisotopic (exact) mass is 423 g/mol. The van der Waals surface area contributed by atoms with Gasteiger partial charge in [-0.25, -0.2) is 15.0 Å². The Morgan fingerprint density at radius 3 is 2.77 bits per heavy atom. The van der Waals surface area contributed by atoms with E-state index >= 15 is 0 Å². The first-order chi connectivity index (χ1) is 14.5. The van der Waals surface area contributed by atoms with E-state index in [0.29, 0.717) is 0 Å². The second-order valence-electron chi connectivity index (χ2n) is 7.71. The summed E-state index contributed by atoms with van der Waals surface area (Å²) in [5, 5.41) is 13.5. The highest BCUT2D eigenvalue weighted by molar-refractivity contribution is 7.18. The van der Waals surface area contributed by atoms with Crippen molar-refractivity contribution in [3.63, 3.8) is 0 Å². The van der Waals surface area contributed by atoms with Gasteiger partial charge in [0.05, 0.1) is 16.5 Å². The number of hydrogen-bond donors (Lipinski definition) is 2. The molecule has 0 amide bonds. The number of nitrogens with one attached hydrogen (secondary N) is 1. The number of piperidine rings is 1. The van der Waals surface area contributed by atoms with Gasteiger partial charge < -0.3 is 15.3 Å². The maximum Gasteiger partial charge on any atom is 0.306 e. The largest absolute Gasteiger partial charge is 0.481 e. The molecule has 1 aliphatic heterocycles. The molecule has 1 aliphatic rings. The molecule has 1 unspecified atom stereocenters. The summed E-state index contributed by atoms with van der Waals surface area (Å²) >= 11 is 1.62. The summed E-state index contributed by atoms with van der Waals surface area (Å²) in [5.41, 5.74) is 2.00. The van der Waals surface area contributed by atoms with Gasteiger partial charge >= 0.3 is 5.97 Å². The van der Waals surface area contributed by atoms with Gasteiger partial charge in [-0.05, 0) is 55.5 Å². The average Bonchev–Trinajstić information content (AvgIpc) is 3.24. The lowest BCUT2D eigenvalue weighted by molar-refractivity contribution is -0.143. The van der Waals surface area contributed by atoms with E-state index in [1.54, 1.807) is 17.5 Å². The maximum atomic E-state index is 11.2. The lowest BCUT2D eigenvalue weighted by Gasteiger charge is -2.33. The minimum atomic E-state index is -0.703. The van der Waals surface area contributed by atoms with Crippen molar-refractivity contribution < 1.29 is 9.90 Å². The maximum absolute atomic E-state index is 11.2. The molecule has 1 atom stereocenters. The number of aryl methyl sites for hydroxylation is 1. The molecule has 7 nitrogen and oxygen atoms in total. The summed E-state index contributed by atoms with van der Waals surface area (Å²) in [5.74, 6) is 0.747. The molecule has 4 heterocycles. The fraction of sp³-hybridized carbons (Fsp3) is 0.364. The molecule has 0 bridgehead atoms. The van der Waals surface area contributed by atoms with E-state index in [9.17, 15) is 9.90 Å². The zero-order valence-corrected chi connectivity index (χ0v) is 17.9. The number of rotatable bonds is 6. The fourth-order valence-electron chi connectivity index (χ4n) is 3.70. The highest BCUT2D eigenvalue weighted by atomic mass is 32.1. The van der Waals surface area contributed by atoms with Crippen LogP contribution in [0.1, 0.15) is 25.3 Å². The van der Waals surface area contributed by atoms with Gasteiger partial charge in [0.25, 0.3) is 0 Å².